The van der Waals surface area contributed by atoms with Gasteiger partial charge >= 0.3 is 0 Å². The van der Waals surface area contributed by atoms with Crippen LogP contribution in [0.25, 0.3) is 0 Å². The SMILES string of the molecule is CC(Nc1ccc(NC(=O)Cc2ccccc2F)nc1)c1ccccc1. The molecule has 1 unspecified atom stereocenters. The second-order valence-electron chi connectivity index (χ2n) is 6.03. The molecule has 0 saturated carbocycles. The molecule has 1 heterocycles. The van der Waals surface area contributed by atoms with E-state index >= 15 is 0 Å². The van der Waals surface area contributed by atoms with Crippen LogP contribution in [-0.4, -0.2) is 10.9 Å². The first kappa shape index (κ1) is 17.6. The maximum atomic E-state index is 13.6. The van der Waals surface area contributed by atoms with Crippen molar-refractivity contribution in [2.45, 2.75) is 19.4 Å². The Labute approximate surface area is 152 Å². The fourth-order valence-corrected chi connectivity index (χ4v) is 2.63. The molecule has 0 radical (unpaired) electrons. The van der Waals surface area contributed by atoms with Crippen molar-refractivity contribution < 1.29 is 9.18 Å². The predicted octanol–water partition coefficient (Wildman–Crippen LogP) is 4.58. The Bertz CT molecular complexity index is 866. The fourth-order valence-electron chi connectivity index (χ4n) is 2.63. The van der Waals surface area contributed by atoms with Gasteiger partial charge in [-0.25, -0.2) is 9.37 Å². The van der Waals surface area contributed by atoms with Gasteiger partial charge in [0.1, 0.15) is 11.6 Å². The Morgan fingerprint density at radius 1 is 1.04 bits per heavy atom. The lowest BCUT2D eigenvalue weighted by Gasteiger charge is -2.15. The van der Waals surface area contributed by atoms with Gasteiger partial charge in [0, 0.05) is 6.04 Å². The van der Waals surface area contributed by atoms with Gasteiger partial charge in [0.2, 0.25) is 5.91 Å². The van der Waals surface area contributed by atoms with E-state index in [0.29, 0.717) is 11.4 Å². The normalized spacial score (nSPS) is 11.6. The van der Waals surface area contributed by atoms with E-state index in [1.54, 1.807) is 30.5 Å². The van der Waals surface area contributed by atoms with Crippen LogP contribution in [0.4, 0.5) is 15.9 Å². The van der Waals surface area contributed by atoms with Crippen LogP contribution in [0.1, 0.15) is 24.1 Å². The number of anilines is 2. The van der Waals surface area contributed by atoms with Gasteiger partial charge in [-0.1, -0.05) is 48.5 Å². The van der Waals surface area contributed by atoms with Crippen LogP contribution in [0.5, 0.6) is 0 Å². The number of nitrogens with one attached hydrogen (secondary N) is 2. The van der Waals surface area contributed by atoms with Crippen molar-refractivity contribution in [2.75, 3.05) is 10.6 Å². The van der Waals surface area contributed by atoms with E-state index in [2.05, 4.69) is 34.7 Å². The third kappa shape index (κ3) is 4.66. The smallest absolute Gasteiger partial charge is 0.230 e. The summed E-state index contributed by atoms with van der Waals surface area (Å²) < 4.78 is 13.6. The minimum Gasteiger partial charge on any atom is -0.377 e. The Balaban J connectivity index is 1.57. The van der Waals surface area contributed by atoms with E-state index < -0.39 is 0 Å². The maximum Gasteiger partial charge on any atom is 0.230 e. The Morgan fingerprint density at radius 3 is 2.46 bits per heavy atom. The third-order valence-corrected chi connectivity index (χ3v) is 4.02. The lowest BCUT2D eigenvalue weighted by molar-refractivity contribution is -0.115. The lowest BCUT2D eigenvalue weighted by atomic mass is 10.1. The van der Waals surface area contributed by atoms with E-state index in [0.717, 1.165) is 5.69 Å². The fraction of sp³-hybridized carbons (Fsp3) is 0.143. The van der Waals surface area contributed by atoms with Crippen LogP contribution in [0.3, 0.4) is 0 Å². The molecule has 2 aromatic carbocycles. The van der Waals surface area contributed by atoms with Crippen LogP contribution < -0.4 is 10.6 Å². The molecule has 1 aromatic heterocycles. The van der Waals surface area contributed by atoms with Crippen molar-refractivity contribution in [1.82, 2.24) is 4.98 Å². The molecule has 2 N–H and O–H groups in total. The van der Waals surface area contributed by atoms with Crippen molar-refractivity contribution in [3.63, 3.8) is 0 Å². The van der Waals surface area contributed by atoms with Gasteiger partial charge in [-0.3, -0.25) is 4.79 Å². The summed E-state index contributed by atoms with van der Waals surface area (Å²) in [4.78, 5) is 16.3. The van der Waals surface area contributed by atoms with Crippen LogP contribution in [0.15, 0.2) is 72.9 Å². The van der Waals surface area contributed by atoms with Gasteiger partial charge in [0.15, 0.2) is 0 Å². The first-order chi connectivity index (χ1) is 12.6. The number of hydrogen-bond donors (Lipinski definition) is 2. The zero-order valence-electron chi connectivity index (χ0n) is 14.4. The summed E-state index contributed by atoms with van der Waals surface area (Å²) >= 11 is 0. The van der Waals surface area contributed by atoms with E-state index in [-0.39, 0.29) is 24.2 Å². The minimum atomic E-state index is -0.384. The number of hydrogen-bond acceptors (Lipinski definition) is 3. The van der Waals surface area contributed by atoms with E-state index in [1.165, 1.54) is 11.6 Å². The summed E-state index contributed by atoms with van der Waals surface area (Å²) in [6, 6.07) is 20.1. The summed E-state index contributed by atoms with van der Waals surface area (Å²) in [7, 11) is 0. The molecule has 26 heavy (non-hydrogen) atoms. The van der Waals surface area contributed by atoms with Gasteiger partial charge in [0.05, 0.1) is 18.3 Å². The average molecular weight is 349 g/mol. The van der Waals surface area contributed by atoms with Gasteiger partial charge in [-0.15, -0.1) is 0 Å². The van der Waals surface area contributed by atoms with E-state index in [9.17, 15) is 9.18 Å². The van der Waals surface area contributed by atoms with Crippen molar-refractivity contribution in [3.05, 3.63) is 89.9 Å². The molecule has 3 rings (SSSR count). The van der Waals surface area contributed by atoms with Crippen molar-refractivity contribution in [2.24, 2.45) is 0 Å². The molecule has 5 heteroatoms. The number of benzene rings is 2. The Morgan fingerprint density at radius 2 is 1.77 bits per heavy atom. The molecular formula is C21H20FN3O. The van der Waals surface area contributed by atoms with Crippen LogP contribution in [0, 0.1) is 5.82 Å². The maximum absolute atomic E-state index is 13.6. The van der Waals surface area contributed by atoms with Crippen LogP contribution in [-0.2, 0) is 11.2 Å². The first-order valence-corrected chi connectivity index (χ1v) is 8.42. The van der Waals surface area contributed by atoms with E-state index in [1.807, 2.05) is 24.3 Å². The largest absolute Gasteiger partial charge is 0.377 e. The minimum absolute atomic E-state index is 0.0284. The van der Waals surface area contributed by atoms with Crippen molar-refractivity contribution in [3.8, 4) is 0 Å². The van der Waals surface area contributed by atoms with Crippen LogP contribution in [0.2, 0.25) is 0 Å². The van der Waals surface area contributed by atoms with E-state index in [4.69, 9.17) is 0 Å². The van der Waals surface area contributed by atoms with Crippen molar-refractivity contribution in [1.29, 1.82) is 0 Å². The highest BCUT2D eigenvalue weighted by atomic mass is 19.1. The molecule has 132 valence electrons. The van der Waals surface area contributed by atoms with Crippen LogP contribution >= 0.6 is 0 Å². The third-order valence-electron chi connectivity index (χ3n) is 4.02. The summed E-state index contributed by atoms with van der Waals surface area (Å²) in [5, 5.41) is 6.05. The highest BCUT2D eigenvalue weighted by Gasteiger charge is 2.09. The van der Waals surface area contributed by atoms with Crippen molar-refractivity contribution >= 4 is 17.4 Å². The summed E-state index contributed by atoms with van der Waals surface area (Å²) in [5.74, 6) is -0.254. The number of halogens is 1. The zero-order chi connectivity index (χ0) is 18.4. The highest BCUT2D eigenvalue weighted by molar-refractivity contribution is 5.91. The first-order valence-electron chi connectivity index (χ1n) is 8.42. The standard InChI is InChI=1S/C21H20FN3O/c1-15(16-7-3-2-4-8-16)24-18-11-12-20(23-14-18)25-21(26)13-17-9-5-6-10-19(17)22/h2-12,14-15,24H,13H2,1H3,(H,23,25,26). The molecule has 0 bridgehead atoms. The monoisotopic (exact) mass is 349 g/mol. The number of amides is 1. The Kier molecular flexibility index (Phi) is 5.59. The molecule has 0 aliphatic rings. The second-order valence-corrected chi connectivity index (χ2v) is 6.03. The van der Waals surface area contributed by atoms with Gasteiger partial charge < -0.3 is 10.6 Å². The molecule has 0 fully saturated rings. The number of carbonyl (C=O) groups is 1. The molecule has 4 nitrogen and oxygen atoms in total. The molecule has 1 atom stereocenters. The number of pyridine rings is 1. The number of carbonyl (C=O) groups excluding carboxylic acids is 1. The molecule has 0 aliphatic carbocycles. The molecular weight excluding hydrogens is 329 g/mol. The zero-order valence-corrected chi connectivity index (χ0v) is 14.4. The van der Waals surface area contributed by atoms with Gasteiger partial charge in [0.25, 0.3) is 0 Å². The summed E-state index contributed by atoms with van der Waals surface area (Å²) in [6.07, 6.45) is 1.64. The van der Waals surface area contributed by atoms with Gasteiger partial charge in [-0.05, 0) is 36.2 Å². The Hall–Kier alpha value is -3.21. The predicted molar refractivity (Wildman–Crippen MR) is 101 cm³/mol. The summed E-state index contributed by atoms with van der Waals surface area (Å²) in [6.45, 7) is 2.07. The quantitative estimate of drug-likeness (QED) is 0.685. The summed E-state index contributed by atoms with van der Waals surface area (Å²) in [5.41, 5.74) is 2.39. The average Bonchev–Trinajstić information content (AvgIpc) is 2.66. The molecule has 3 aromatic rings. The highest BCUT2D eigenvalue weighted by Crippen LogP contribution is 2.19. The molecule has 0 spiro atoms. The van der Waals surface area contributed by atoms with Gasteiger partial charge in [-0.2, -0.15) is 0 Å². The molecule has 0 saturated heterocycles. The molecule has 1 amide bonds. The number of rotatable bonds is 6. The lowest BCUT2D eigenvalue weighted by Crippen LogP contribution is -2.16. The topological polar surface area (TPSA) is 54.0 Å². The molecule has 0 aliphatic heterocycles. The number of aromatic nitrogens is 1. The second kappa shape index (κ2) is 8.25. The number of nitrogens with zero attached hydrogens (tertiary/aromatic N) is 1.